The Morgan fingerprint density at radius 3 is 2.69 bits per heavy atom. The van der Waals surface area contributed by atoms with Crippen LogP contribution in [0, 0.1) is 0 Å². The fraction of sp³-hybridized carbons (Fsp3) is 0.364. The maximum Gasteiger partial charge on any atom is 0.311 e. The maximum atomic E-state index is 12.1. The second-order valence-electron chi connectivity index (χ2n) is 6.20. The van der Waals surface area contributed by atoms with Crippen LogP contribution in [0.1, 0.15) is 49.8 Å². The molecule has 0 aliphatic carbocycles. The highest BCUT2D eigenvalue weighted by Gasteiger charge is 2.11. The molecule has 2 aromatic rings. The van der Waals surface area contributed by atoms with Crippen LogP contribution in [-0.2, 0) is 4.79 Å². The highest BCUT2D eigenvalue weighted by atomic mass is 32.1. The Bertz CT molecular complexity index is 665. The number of carbonyl (C=O) groups excluding carboxylic acids is 1. The smallest absolute Gasteiger partial charge is 0.311 e. The van der Waals surface area contributed by atoms with Gasteiger partial charge >= 0.3 is 5.97 Å². The molecule has 138 valence electrons. The molecule has 3 nitrogen and oxygen atoms in total. The number of thiophene rings is 1. The predicted molar refractivity (Wildman–Crippen MR) is 110 cm³/mol. The lowest BCUT2D eigenvalue weighted by Crippen LogP contribution is -2.13. The minimum Gasteiger partial charge on any atom is -0.427 e. The minimum atomic E-state index is -0.195. The number of carbonyl (C=O) groups is 1. The number of benzene rings is 1. The van der Waals surface area contributed by atoms with Gasteiger partial charge in [0.2, 0.25) is 0 Å². The summed E-state index contributed by atoms with van der Waals surface area (Å²) < 4.78 is 5.37. The van der Waals surface area contributed by atoms with Crippen molar-refractivity contribution in [1.29, 1.82) is 0 Å². The largest absolute Gasteiger partial charge is 0.427 e. The van der Waals surface area contributed by atoms with Crippen molar-refractivity contribution in [3.05, 3.63) is 65.4 Å². The SMILES string of the molecule is C=CCCCCCC(CCC(=O)Oc1ccccc1)N=Cc1cccs1. The molecule has 1 atom stereocenters. The first-order valence-electron chi connectivity index (χ1n) is 9.21. The van der Waals surface area contributed by atoms with E-state index in [0.29, 0.717) is 12.2 Å². The lowest BCUT2D eigenvalue weighted by atomic mass is 10.0. The highest BCUT2D eigenvalue weighted by Crippen LogP contribution is 2.16. The summed E-state index contributed by atoms with van der Waals surface area (Å²) in [6.45, 7) is 3.76. The number of rotatable bonds is 12. The summed E-state index contributed by atoms with van der Waals surface area (Å²) in [7, 11) is 0. The summed E-state index contributed by atoms with van der Waals surface area (Å²) >= 11 is 1.67. The summed E-state index contributed by atoms with van der Waals surface area (Å²) in [5.74, 6) is 0.403. The highest BCUT2D eigenvalue weighted by molar-refractivity contribution is 7.11. The van der Waals surface area contributed by atoms with E-state index in [4.69, 9.17) is 9.73 Å². The van der Waals surface area contributed by atoms with Crippen molar-refractivity contribution in [3.8, 4) is 5.75 Å². The first-order valence-corrected chi connectivity index (χ1v) is 10.1. The molecule has 0 amide bonds. The number of aliphatic imine (C=N–C) groups is 1. The van der Waals surface area contributed by atoms with Gasteiger partial charge in [0.1, 0.15) is 5.75 Å². The molecule has 1 heterocycles. The lowest BCUT2D eigenvalue weighted by molar-refractivity contribution is -0.134. The zero-order chi connectivity index (χ0) is 18.5. The maximum absolute atomic E-state index is 12.1. The molecule has 0 saturated heterocycles. The number of allylic oxidation sites excluding steroid dienone is 1. The summed E-state index contributed by atoms with van der Waals surface area (Å²) in [6, 6.07) is 13.4. The van der Waals surface area contributed by atoms with E-state index in [1.165, 1.54) is 12.8 Å². The van der Waals surface area contributed by atoms with Gasteiger partial charge in [-0.25, -0.2) is 0 Å². The molecule has 1 aromatic heterocycles. The van der Waals surface area contributed by atoms with Crippen molar-refractivity contribution >= 4 is 23.5 Å². The van der Waals surface area contributed by atoms with Crippen molar-refractivity contribution in [2.75, 3.05) is 0 Å². The molecular weight excluding hydrogens is 342 g/mol. The summed E-state index contributed by atoms with van der Waals surface area (Å²) in [5, 5.41) is 2.04. The summed E-state index contributed by atoms with van der Waals surface area (Å²) in [6.07, 6.45) is 10.5. The average molecular weight is 370 g/mol. The van der Waals surface area contributed by atoms with Crippen molar-refractivity contribution in [2.24, 2.45) is 4.99 Å². The molecule has 0 bridgehead atoms. The number of unbranched alkanes of at least 4 members (excludes halogenated alkanes) is 3. The van der Waals surface area contributed by atoms with E-state index in [-0.39, 0.29) is 12.0 Å². The van der Waals surface area contributed by atoms with Gasteiger partial charge in [0.25, 0.3) is 0 Å². The second-order valence-corrected chi connectivity index (χ2v) is 7.18. The first kappa shape index (κ1) is 20.1. The van der Waals surface area contributed by atoms with Crippen LogP contribution in [0.25, 0.3) is 0 Å². The van der Waals surface area contributed by atoms with Crippen LogP contribution in [0.15, 0.2) is 65.5 Å². The number of ether oxygens (including phenoxy) is 1. The van der Waals surface area contributed by atoms with Gasteiger partial charge < -0.3 is 4.74 Å². The standard InChI is InChI=1S/C22H27NO2S/c1-2-3-4-5-7-11-19(23-18-21-14-10-17-26-21)15-16-22(24)25-20-12-8-6-9-13-20/h2,6,8-10,12-14,17-19H,1,3-5,7,11,15-16H2. The van der Waals surface area contributed by atoms with Crippen molar-refractivity contribution in [3.63, 3.8) is 0 Å². The second kappa shape index (κ2) is 12.2. The topological polar surface area (TPSA) is 38.7 Å². The third-order valence-electron chi connectivity index (χ3n) is 4.06. The average Bonchev–Trinajstić information content (AvgIpc) is 3.17. The Hall–Kier alpha value is -2.20. The minimum absolute atomic E-state index is 0.157. The Kier molecular flexibility index (Phi) is 9.44. The molecule has 2 rings (SSSR count). The molecule has 4 heteroatoms. The Balaban J connectivity index is 1.81. The van der Waals surface area contributed by atoms with Crippen LogP contribution in [0.3, 0.4) is 0 Å². The van der Waals surface area contributed by atoms with Gasteiger partial charge in [-0.2, -0.15) is 0 Å². The van der Waals surface area contributed by atoms with Gasteiger partial charge in [0.05, 0.1) is 6.04 Å². The van der Waals surface area contributed by atoms with Gasteiger partial charge in [-0.05, 0) is 49.3 Å². The van der Waals surface area contributed by atoms with Crippen LogP contribution < -0.4 is 4.74 Å². The predicted octanol–water partition coefficient (Wildman–Crippen LogP) is 6.06. The zero-order valence-corrected chi connectivity index (χ0v) is 16.0. The van der Waals surface area contributed by atoms with E-state index in [1.54, 1.807) is 23.5 Å². The lowest BCUT2D eigenvalue weighted by Gasteiger charge is -2.12. The summed E-state index contributed by atoms with van der Waals surface area (Å²) in [5.41, 5.74) is 0. The Labute approximate surface area is 160 Å². The van der Waals surface area contributed by atoms with E-state index in [1.807, 2.05) is 41.9 Å². The monoisotopic (exact) mass is 369 g/mol. The normalized spacial score (nSPS) is 12.2. The van der Waals surface area contributed by atoms with E-state index >= 15 is 0 Å². The van der Waals surface area contributed by atoms with Crippen LogP contribution >= 0.6 is 11.3 Å². The van der Waals surface area contributed by atoms with Gasteiger partial charge in [0, 0.05) is 17.5 Å². The summed E-state index contributed by atoms with van der Waals surface area (Å²) in [4.78, 5) is 17.9. The first-order chi connectivity index (χ1) is 12.8. The number of nitrogens with zero attached hydrogens (tertiary/aromatic N) is 1. The van der Waals surface area contributed by atoms with Gasteiger partial charge in [-0.15, -0.1) is 17.9 Å². The molecule has 0 fully saturated rings. The van der Waals surface area contributed by atoms with Crippen LogP contribution in [0.4, 0.5) is 0 Å². The van der Waals surface area contributed by atoms with Crippen LogP contribution in [-0.4, -0.2) is 18.2 Å². The number of para-hydroxylation sites is 1. The third-order valence-corrected chi connectivity index (χ3v) is 4.86. The number of hydrogen-bond donors (Lipinski definition) is 0. The van der Waals surface area contributed by atoms with Gasteiger partial charge in [-0.1, -0.05) is 43.2 Å². The van der Waals surface area contributed by atoms with E-state index in [2.05, 4.69) is 12.6 Å². The molecule has 0 radical (unpaired) electrons. The molecule has 0 N–H and O–H groups in total. The molecular formula is C22H27NO2S. The Morgan fingerprint density at radius 2 is 1.96 bits per heavy atom. The molecule has 26 heavy (non-hydrogen) atoms. The molecule has 0 spiro atoms. The molecule has 1 aromatic carbocycles. The molecule has 1 unspecified atom stereocenters. The van der Waals surface area contributed by atoms with Crippen LogP contribution in [0.5, 0.6) is 5.75 Å². The Morgan fingerprint density at radius 1 is 1.12 bits per heavy atom. The van der Waals surface area contributed by atoms with Gasteiger partial charge in [0.15, 0.2) is 0 Å². The fourth-order valence-electron chi connectivity index (χ4n) is 2.64. The quantitative estimate of drug-likeness (QED) is 0.150. The van der Waals surface area contributed by atoms with Crippen LogP contribution in [0.2, 0.25) is 0 Å². The van der Waals surface area contributed by atoms with Gasteiger partial charge in [-0.3, -0.25) is 9.79 Å². The van der Waals surface area contributed by atoms with Crippen molar-refractivity contribution < 1.29 is 9.53 Å². The van der Waals surface area contributed by atoms with E-state index in [0.717, 1.165) is 30.6 Å². The van der Waals surface area contributed by atoms with E-state index < -0.39 is 0 Å². The molecule has 0 saturated carbocycles. The van der Waals surface area contributed by atoms with Crippen molar-refractivity contribution in [1.82, 2.24) is 0 Å². The van der Waals surface area contributed by atoms with E-state index in [9.17, 15) is 4.79 Å². The molecule has 0 aliphatic heterocycles. The van der Waals surface area contributed by atoms with Crippen molar-refractivity contribution in [2.45, 2.75) is 51.0 Å². The number of hydrogen-bond acceptors (Lipinski definition) is 4. The fourth-order valence-corrected chi connectivity index (χ4v) is 3.23. The zero-order valence-electron chi connectivity index (χ0n) is 15.2. The third kappa shape index (κ3) is 8.26. The number of esters is 1. The molecule has 0 aliphatic rings.